The van der Waals surface area contributed by atoms with Crippen LogP contribution in [-0.2, 0) is 6.42 Å². The average molecular weight is 233 g/mol. The molecule has 0 unspecified atom stereocenters. The minimum Gasteiger partial charge on any atom is -0.204 e. The molecule has 0 bridgehead atoms. The molecule has 0 radical (unpaired) electrons. The average Bonchev–Trinajstić information content (AvgIpc) is 2.07. The SMILES string of the molecule is Fc1ccc(C/C=C/Br)cc1F. The van der Waals surface area contributed by atoms with Gasteiger partial charge in [-0.15, -0.1) is 0 Å². The highest BCUT2D eigenvalue weighted by atomic mass is 79.9. The van der Waals surface area contributed by atoms with Crippen LogP contribution in [0, 0.1) is 11.6 Å². The Labute approximate surface area is 78.0 Å². The molecule has 0 aliphatic heterocycles. The minimum atomic E-state index is -0.804. The van der Waals surface area contributed by atoms with Crippen LogP contribution in [0.4, 0.5) is 8.78 Å². The maximum atomic E-state index is 12.6. The molecule has 0 atom stereocenters. The minimum absolute atomic E-state index is 0.600. The Bertz CT molecular complexity index is 295. The second-order valence-electron chi connectivity index (χ2n) is 2.31. The highest BCUT2D eigenvalue weighted by Crippen LogP contribution is 2.09. The number of hydrogen-bond acceptors (Lipinski definition) is 0. The Hall–Kier alpha value is -0.700. The van der Waals surface area contributed by atoms with Gasteiger partial charge in [0, 0.05) is 0 Å². The quantitative estimate of drug-likeness (QED) is 0.734. The molecular formula is C9H7BrF2. The fourth-order valence-electron chi connectivity index (χ4n) is 0.847. The maximum absolute atomic E-state index is 12.6. The monoisotopic (exact) mass is 232 g/mol. The lowest BCUT2D eigenvalue weighted by molar-refractivity contribution is 0.507. The molecule has 0 aliphatic carbocycles. The summed E-state index contributed by atoms with van der Waals surface area (Å²) < 4.78 is 25.0. The van der Waals surface area contributed by atoms with Gasteiger partial charge in [0.1, 0.15) is 0 Å². The largest absolute Gasteiger partial charge is 0.204 e. The number of halogens is 3. The van der Waals surface area contributed by atoms with Gasteiger partial charge in [-0.3, -0.25) is 0 Å². The van der Waals surface area contributed by atoms with Crippen molar-refractivity contribution >= 4 is 15.9 Å². The molecule has 0 amide bonds. The molecular weight excluding hydrogens is 226 g/mol. The van der Waals surface area contributed by atoms with Gasteiger partial charge >= 0.3 is 0 Å². The second-order valence-corrected chi connectivity index (χ2v) is 2.84. The summed E-state index contributed by atoms with van der Waals surface area (Å²) in [4.78, 5) is 1.69. The van der Waals surface area contributed by atoms with Gasteiger partial charge in [-0.2, -0.15) is 0 Å². The van der Waals surface area contributed by atoms with Gasteiger partial charge in [0.05, 0.1) is 0 Å². The zero-order valence-corrected chi connectivity index (χ0v) is 7.81. The van der Waals surface area contributed by atoms with E-state index in [9.17, 15) is 8.78 Å². The van der Waals surface area contributed by atoms with Crippen LogP contribution in [0.1, 0.15) is 5.56 Å². The van der Waals surface area contributed by atoms with Crippen LogP contribution < -0.4 is 0 Å². The summed E-state index contributed by atoms with van der Waals surface area (Å²) in [7, 11) is 0. The third kappa shape index (κ3) is 2.41. The summed E-state index contributed by atoms with van der Waals surface area (Å²) in [5.74, 6) is -1.60. The predicted octanol–water partition coefficient (Wildman–Crippen LogP) is 3.42. The van der Waals surface area contributed by atoms with E-state index in [0.717, 1.165) is 11.6 Å². The molecule has 0 heterocycles. The van der Waals surface area contributed by atoms with E-state index in [4.69, 9.17) is 0 Å². The van der Waals surface area contributed by atoms with Crippen LogP contribution in [0.5, 0.6) is 0 Å². The highest BCUT2D eigenvalue weighted by Gasteiger charge is 2.00. The molecule has 0 saturated carbocycles. The molecule has 64 valence electrons. The van der Waals surface area contributed by atoms with Crippen molar-refractivity contribution in [3.8, 4) is 0 Å². The molecule has 1 rings (SSSR count). The number of hydrogen-bond donors (Lipinski definition) is 0. The van der Waals surface area contributed by atoms with Crippen molar-refractivity contribution in [3.63, 3.8) is 0 Å². The molecule has 0 saturated heterocycles. The van der Waals surface area contributed by atoms with Crippen molar-refractivity contribution in [2.24, 2.45) is 0 Å². The molecule has 1 aromatic rings. The van der Waals surface area contributed by atoms with E-state index in [0.29, 0.717) is 6.42 Å². The first-order chi connectivity index (χ1) is 5.74. The van der Waals surface area contributed by atoms with Gasteiger partial charge in [-0.05, 0) is 29.1 Å². The Morgan fingerprint density at radius 3 is 2.58 bits per heavy atom. The summed E-state index contributed by atoms with van der Waals surface area (Å²) in [6.07, 6.45) is 2.41. The molecule has 3 heteroatoms. The Kier molecular flexibility index (Phi) is 3.41. The van der Waals surface area contributed by atoms with Gasteiger partial charge < -0.3 is 0 Å². The third-order valence-electron chi connectivity index (χ3n) is 1.43. The summed E-state index contributed by atoms with van der Waals surface area (Å²) in [5, 5.41) is 0. The van der Waals surface area contributed by atoms with Gasteiger partial charge in [-0.25, -0.2) is 8.78 Å². The Morgan fingerprint density at radius 2 is 2.00 bits per heavy atom. The van der Waals surface area contributed by atoms with Gasteiger partial charge in [0.15, 0.2) is 11.6 Å². The van der Waals surface area contributed by atoms with Crippen LogP contribution in [-0.4, -0.2) is 0 Å². The first-order valence-electron chi connectivity index (χ1n) is 3.43. The fraction of sp³-hybridized carbons (Fsp3) is 0.111. The third-order valence-corrected chi connectivity index (χ3v) is 1.80. The molecule has 0 nitrogen and oxygen atoms in total. The van der Waals surface area contributed by atoms with Crippen molar-refractivity contribution in [1.82, 2.24) is 0 Å². The molecule has 0 fully saturated rings. The van der Waals surface area contributed by atoms with Gasteiger partial charge in [0.25, 0.3) is 0 Å². The van der Waals surface area contributed by atoms with Crippen LogP contribution in [0.25, 0.3) is 0 Å². The summed E-state index contributed by atoms with van der Waals surface area (Å²) in [6.45, 7) is 0. The molecule has 0 aromatic heterocycles. The van der Waals surface area contributed by atoms with Crippen molar-refractivity contribution < 1.29 is 8.78 Å². The summed E-state index contributed by atoms with van der Waals surface area (Å²) >= 11 is 3.09. The van der Waals surface area contributed by atoms with E-state index in [1.54, 1.807) is 11.1 Å². The van der Waals surface area contributed by atoms with Crippen LogP contribution >= 0.6 is 15.9 Å². The number of benzene rings is 1. The van der Waals surface area contributed by atoms with E-state index in [-0.39, 0.29) is 0 Å². The van der Waals surface area contributed by atoms with E-state index in [1.165, 1.54) is 6.07 Å². The van der Waals surface area contributed by atoms with Crippen LogP contribution in [0.15, 0.2) is 29.3 Å². The van der Waals surface area contributed by atoms with E-state index >= 15 is 0 Å². The molecule has 1 aromatic carbocycles. The van der Waals surface area contributed by atoms with Crippen molar-refractivity contribution in [1.29, 1.82) is 0 Å². The van der Waals surface area contributed by atoms with E-state index < -0.39 is 11.6 Å². The number of rotatable bonds is 2. The zero-order chi connectivity index (χ0) is 8.97. The van der Waals surface area contributed by atoms with E-state index in [1.807, 2.05) is 6.08 Å². The smallest absolute Gasteiger partial charge is 0.159 e. The lowest BCUT2D eigenvalue weighted by Gasteiger charge is -1.96. The van der Waals surface area contributed by atoms with Crippen LogP contribution in [0.3, 0.4) is 0 Å². The van der Waals surface area contributed by atoms with Crippen molar-refractivity contribution in [2.75, 3.05) is 0 Å². The molecule has 12 heavy (non-hydrogen) atoms. The Morgan fingerprint density at radius 1 is 1.25 bits per heavy atom. The molecule has 0 aliphatic rings. The van der Waals surface area contributed by atoms with Crippen LogP contribution in [0.2, 0.25) is 0 Å². The highest BCUT2D eigenvalue weighted by molar-refractivity contribution is 9.11. The van der Waals surface area contributed by atoms with Crippen molar-refractivity contribution in [3.05, 3.63) is 46.5 Å². The maximum Gasteiger partial charge on any atom is 0.159 e. The summed E-state index contributed by atoms with van der Waals surface area (Å²) in [5.41, 5.74) is 0.754. The van der Waals surface area contributed by atoms with Gasteiger partial charge in [-0.1, -0.05) is 28.1 Å². The standard InChI is InChI=1S/C9H7BrF2/c10-5-1-2-7-3-4-8(11)9(12)6-7/h1,3-6H,2H2/b5-1+. The normalized spacial score (nSPS) is 10.9. The van der Waals surface area contributed by atoms with Crippen molar-refractivity contribution in [2.45, 2.75) is 6.42 Å². The molecule has 0 N–H and O–H groups in total. The lowest BCUT2D eigenvalue weighted by Crippen LogP contribution is -1.87. The fourth-order valence-corrected chi connectivity index (χ4v) is 1.03. The summed E-state index contributed by atoms with van der Waals surface area (Å²) in [6, 6.07) is 3.89. The predicted molar refractivity (Wildman–Crippen MR) is 48.1 cm³/mol. The number of allylic oxidation sites excluding steroid dienone is 1. The zero-order valence-electron chi connectivity index (χ0n) is 6.23. The first-order valence-corrected chi connectivity index (χ1v) is 4.35. The topological polar surface area (TPSA) is 0 Å². The Balaban J connectivity index is 2.82. The second kappa shape index (κ2) is 4.36. The van der Waals surface area contributed by atoms with Gasteiger partial charge in [0.2, 0.25) is 0 Å². The lowest BCUT2D eigenvalue weighted by atomic mass is 10.1. The first kappa shape index (κ1) is 9.39. The molecule has 0 spiro atoms. The van der Waals surface area contributed by atoms with E-state index in [2.05, 4.69) is 15.9 Å².